The number of rotatable bonds is 3. The van der Waals surface area contributed by atoms with Gasteiger partial charge in [0, 0.05) is 18.3 Å². The molecule has 1 aliphatic carbocycles. The molecule has 1 saturated carbocycles. The Morgan fingerprint density at radius 2 is 2.18 bits per heavy atom. The fourth-order valence-corrected chi connectivity index (χ4v) is 2.85. The van der Waals surface area contributed by atoms with Crippen LogP contribution in [0.5, 0.6) is 0 Å². The summed E-state index contributed by atoms with van der Waals surface area (Å²) in [7, 11) is 0. The Hall–Kier alpha value is -0.410. The predicted molar refractivity (Wildman–Crippen MR) is 65.3 cm³/mol. The number of Topliss-reactive ketones (excluding diaryl/α,β-unsaturated/α-hetero) is 1. The summed E-state index contributed by atoms with van der Waals surface area (Å²) in [6.07, 6.45) is 3.71. The first-order valence-electron chi connectivity index (χ1n) is 6.79. The van der Waals surface area contributed by atoms with E-state index in [1.165, 1.54) is 0 Å². The summed E-state index contributed by atoms with van der Waals surface area (Å²) < 4.78 is 0. The molecule has 0 spiro atoms. The maximum Gasteiger partial charge on any atom is 0.138 e. The van der Waals surface area contributed by atoms with Crippen molar-refractivity contribution >= 4 is 5.78 Å². The molecule has 0 N–H and O–H groups in total. The first kappa shape index (κ1) is 13.0. The van der Waals surface area contributed by atoms with Crippen LogP contribution in [0.4, 0.5) is 0 Å². The number of ketones is 1. The van der Waals surface area contributed by atoms with Crippen LogP contribution in [0.1, 0.15) is 53.4 Å². The molecule has 0 amide bonds. The number of carbonyl (C=O) groups is 1. The second-order valence-electron chi connectivity index (χ2n) is 6.35. The Morgan fingerprint density at radius 1 is 1.47 bits per heavy atom. The minimum atomic E-state index is -0.267. The number of hydrogen-bond acceptors (Lipinski definition) is 3. The number of hydrogen-bond donors (Lipinski definition) is 0. The molecule has 0 radical (unpaired) electrons. The van der Waals surface area contributed by atoms with Crippen LogP contribution >= 0.6 is 0 Å². The van der Waals surface area contributed by atoms with Crippen molar-refractivity contribution in [1.29, 1.82) is 0 Å². The topological polar surface area (TPSA) is 35.5 Å². The largest absolute Gasteiger partial charge is 0.299 e. The highest BCUT2D eigenvalue weighted by Gasteiger charge is 2.49. The maximum absolute atomic E-state index is 11.9. The van der Waals surface area contributed by atoms with Crippen LogP contribution in [0.15, 0.2) is 0 Å². The molecule has 2 bridgehead atoms. The Morgan fingerprint density at radius 3 is 2.82 bits per heavy atom. The van der Waals surface area contributed by atoms with Crippen molar-refractivity contribution in [3.8, 4) is 0 Å². The third-order valence-corrected chi connectivity index (χ3v) is 4.47. The van der Waals surface area contributed by atoms with Gasteiger partial charge in [-0.25, -0.2) is 9.78 Å². The van der Waals surface area contributed by atoms with Gasteiger partial charge in [-0.2, -0.15) is 0 Å². The monoisotopic (exact) mass is 240 g/mol. The number of carbonyl (C=O) groups excluding carboxylic acids is 1. The van der Waals surface area contributed by atoms with Gasteiger partial charge in [0.05, 0.1) is 0 Å². The Kier molecular flexibility index (Phi) is 3.60. The van der Waals surface area contributed by atoms with E-state index >= 15 is 0 Å². The first-order chi connectivity index (χ1) is 7.92. The van der Waals surface area contributed by atoms with E-state index in [4.69, 9.17) is 9.78 Å². The molecule has 2 aliphatic rings. The summed E-state index contributed by atoms with van der Waals surface area (Å²) >= 11 is 0. The molecular formula is C14H24O3. The molecule has 2 fully saturated rings. The Labute approximate surface area is 104 Å². The molecular weight excluding hydrogens is 216 g/mol. The molecule has 0 aromatic carbocycles. The van der Waals surface area contributed by atoms with E-state index in [9.17, 15) is 4.79 Å². The molecule has 3 heteroatoms. The second kappa shape index (κ2) is 4.69. The van der Waals surface area contributed by atoms with Gasteiger partial charge < -0.3 is 0 Å². The molecule has 1 heterocycles. The van der Waals surface area contributed by atoms with Gasteiger partial charge in [-0.1, -0.05) is 20.8 Å². The molecule has 4 atom stereocenters. The molecule has 0 aromatic heterocycles. The highest BCUT2D eigenvalue weighted by atomic mass is 17.2. The van der Waals surface area contributed by atoms with Crippen LogP contribution < -0.4 is 0 Å². The van der Waals surface area contributed by atoms with E-state index in [0.29, 0.717) is 24.0 Å². The highest BCUT2D eigenvalue weighted by Crippen LogP contribution is 2.44. The lowest BCUT2D eigenvalue weighted by molar-refractivity contribution is -0.429. The van der Waals surface area contributed by atoms with Crippen LogP contribution in [0.2, 0.25) is 0 Å². The van der Waals surface area contributed by atoms with Crippen molar-refractivity contribution in [1.82, 2.24) is 0 Å². The van der Waals surface area contributed by atoms with Gasteiger partial charge in [0.15, 0.2) is 0 Å². The Balaban J connectivity index is 2.04. The van der Waals surface area contributed by atoms with Crippen molar-refractivity contribution in [2.24, 2.45) is 17.8 Å². The van der Waals surface area contributed by atoms with Crippen molar-refractivity contribution in [3.05, 3.63) is 0 Å². The highest BCUT2D eigenvalue weighted by molar-refractivity contribution is 5.82. The zero-order valence-corrected chi connectivity index (χ0v) is 11.4. The lowest BCUT2D eigenvalue weighted by Gasteiger charge is -2.47. The van der Waals surface area contributed by atoms with Crippen molar-refractivity contribution in [2.75, 3.05) is 0 Å². The van der Waals surface area contributed by atoms with Crippen LogP contribution in [0, 0.1) is 17.8 Å². The van der Waals surface area contributed by atoms with E-state index in [1.54, 1.807) is 0 Å². The van der Waals surface area contributed by atoms with Crippen LogP contribution in [-0.4, -0.2) is 17.5 Å². The number of fused-ring (bicyclic) bond motifs is 2. The molecule has 1 saturated heterocycles. The van der Waals surface area contributed by atoms with Gasteiger partial charge in [-0.15, -0.1) is 0 Å². The zero-order chi connectivity index (χ0) is 12.6. The smallest absolute Gasteiger partial charge is 0.138 e. The third kappa shape index (κ3) is 2.55. The fourth-order valence-electron chi connectivity index (χ4n) is 2.85. The third-order valence-electron chi connectivity index (χ3n) is 4.47. The minimum Gasteiger partial charge on any atom is -0.299 e. The zero-order valence-electron chi connectivity index (χ0n) is 11.4. The average Bonchev–Trinajstić information content (AvgIpc) is 2.28. The summed E-state index contributed by atoms with van der Waals surface area (Å²) in [5.41, 5.74) is -0.267. The van der Waals surface area contributed by atoms with Crippen molar-refractivity contribution in [2.45, 2.75) is 65.1 Å². The Bertz CT molecular complexity index is 300. The fraction of sp³-hybridized carbons (Fsp3) is 0.929. The summed E-state index contributed by atoms with van der Waals surface area (Å²) in [5, 5.41) is 0. The molecule has 2 rings (SSSR count). The van der Waals surface area contributed by atoms with E-state index < -0.39 is 0 Å². The van der Waals surface area contributed by atoms with Crippen LogP contribution in [0.25, 0.3) is 0 Å². The second-order valence-corrected chi connectivity index (χ2v) is 6.35. The average molecular weight is 240 g/mol. The SMILES string of the molecule is CC(C)CC[C@]1(C)OO[C@@H]2C[C@H]1CC(=O)[C@@H]2C. The lowest BCUT2D eigenvalue weighted by Crippen LogP contribution is -2.52. The summed E-state index contributed by atoms with van der Waals surface area (Å²) in [6, 6.07) is 0. The standard InChI is InChI=1S/C14H24O3/c1-9(2)5-6-14(4)11-7-12(15)10(3)13(8-11)16-17-14/h9-11,13H,5-8H2,1-4H3/t10-,11+,13+,14-/m0/s1. The van der Waals surface area contributed by atoms with Gasteiger partial charge in [0.1, 0.15) is 17.5 Å². The summed E-state index contributed by atoms with van der Waals surface area (Å²) in [5.74, 6) is 1.33. The molecule has 0 aromatic rings. The van der Waals surface area contributed by atoms with Crippen molar-refractivity contribution < 1.29 is 14.6 Å². The van der Waals surface area contributed by atoms with E-state index in [1.807, 2.05) is 6.92 Å². The molecule has 0 unspecified atom stereocenters. The van der Waals surface area contributed by atoms with Crippen molar-refractivity contribution in [3.63, 3.8) is 0 Å². The lowest BCUT2D eigenvalue weighted by atomic mass is 9.70. The first-order valence-corrected chi connectivity index (χ1v) is 6.79. The van der Waals surface area contributed by atoms with Gasteiger partial charge in [-0.3, -0.25) is 4.79 Å². The summed E-state index contributed by atoms with van der Waals surface area (Å²) in [6.45, 7) is 8.47. The van der Waals surface area contributed by atoms with E-state index in [-0.39, 0.29) is 17.6 Å². The predicted octanol–water partition coefficient (Wildman–Crippen LogP) is 3.13. The van der Waals surface area contributed by atoms with Crippen LogP contribution in [-0.2, 0) is 14.6 Å². The quantitative estimate of drug-likeness (QED) is 0.711. The molecule has 98 valence electrons. The molecule has 3 nitrogen and oxygen atoms in total. The van der Waals surface area contributed by atoms with Gasteiger partial charge >= 0.3 is 0 Å². The minimum absolute atomic E-state index is 0.000832. The van der Waals surface area contributed by atoms with Gasteiger partial charge in [0.25, 0.3) is 0 Å². The van der Waals surface area contributed by atoms with Crippen LogP contribution in [0.3, 0.4) is 0 Å². The van der Waals surface area contributed by atoms with E-state index in [2.05, 4.69) is 20.8 Å². The molecule has 17 heavy (non-hydrogen) atoms. The summed E-state index contributed by atoms with van der Waals surface area (Å²) in [4.78, 5) is 23.0. The maximum atomic E-state index is 11.9. The normalized spacial score (nSPS) is 41.9. The molecule has 1 aliphatic heterocycles. The van der Waals surface area contributed by atoms with E-state index in [0.717, 1.165) is 19.3 Å². The van der Waals surface area contributed by atoms with Gasteiger partial charge in [0.2, 0.25) is 0 Å². The van der Waals surface area contributed by atoms with Gasteiger partial charge in [-0.05, 0) is 32.1 Å².